The number of morpholine rings is 2. The van der Waals surface area contributed by atoms with E-state index in [0.717, 1.165) is 184 Å². The standard InChI is InChI=1S/C18H27N3O2.C18H27N3O.C17H25N3O2.C17H25N3O.C14H18N2O.C13H18N2O/c1-18(2,3)14-5-6-16-15(13-14)19-17(22)21(16)8-4-7-20-9-11-23-12-10-20;1-18(2,3)14-7-8-16-15(13-14)19-17(22)21(16)12-11-20-9-5-4-6-10-20;1-17(2,3)13-4-5-15-14(12-13)18-16(21)20(15)7-6-19-8-10-22-11-9-19;1-17(2,3)13-6-7-15-14(12-13)18-16(21)20(15)11-10-19-8-4-5-9-19;1-14(2,3)9-4-7-12-11(8-9)15-13(17)16(12)10-5-6-10;1-13(2,3)9-6-7-10-11(8-9)15(5)12(16)14(10)4/h5-6,13H,4,7-12H2,1-3H3,(H,19,22);7-8,13H,4-6,9-12H2,1-3H3,(H,19,22);4-5,12H,6-11H2,1-3H3,(H,18,21);6-7,12H,4-5,8-11H2,1-3H3,(H,18,21);4,7-8,10H,5-6H2,1-3H3,(H,15,17);6-8H,1-5H3. The fourth-order valence-corrected chi connectivity index (χ4v) is 16.7. The van der Waals surface area contributed by atoms with E-state index in [2.05, 4.69) is 272 Å². The summed E-state index contributed by atoms with van der Waals surface area (Å²) in [4.78, 5) is 97.3. The number of aryl methyl sites for hydroxylation is 3. The molecule has 656 valence electrons. The summed E-state index contributed by atoms with van der Waals surface area (Å²) in [6.07, 6.45) is 9.75. The molecule has 1 saturated carbocycles. The number of ether oxygens (including phenoxy) is 2. The van der Waals surface area contributed by atoms with E-state index in [0.29, 0.717) is 12.6 Å². The second-order valence-corrected chi connectivity index (χ2v) is 40.3. The van der Waals surface area contributed by atoms with Crippen LogP contribution in [-0.2, 0) is 82.2 Å². The van der Waals surface area contributed by atoms with Crippen molar-refractivity contribution in [2.45, 2.75) is 241 Å². The van der Waals surface area contributed by atoms with Gasteiger partial charge in [0.1, 0.15) is 0 Å². The van der Waals surface area contributed by atoms with Gasteiger partial charge in [0.25, 0.3) is 0 Å². The van der Waals surface area contributed by atoms with Crippen LogP contribution in [0.5, 0.6) is 0 Å². The summed E-state index contributed by atoms with van der Waals surface area (Å²) < 4.78 is 23.5. The van der Waals surface area contributed by atoms with E-state index < -0.39 is 0 Å². The van der Waals surface area contributed by atoms with Crippen molar-refractivity contribution in [1.29, 1.82) is 0 Å². The maximum atomic E-state index is 12.3. The molecule has 121 heavy (non-hydrogen) atoms. The van der Waals surface area contributed by atoms with E-state index in [-0.39, 0.29) is 66.6 Å². The number of H-pyrrole nitrogens is 5. The number of likely N-dealkylation sites (tertiary alicyclic amines) is 2. The van der Waals surface area contributed by atoms with Crippen LogP contribution in [0.1, 0.15) is 215 Å². The molecule has 0 amide bonds. The Bertz CT molecular complexity index is 5760. The van der Waals surface area contributed by atoms with Crippen molar-refractivity contribution in [3.05, 3.63) is 205 Å². The van der Waals surface area contributed by atoms with Gasteiger partial charge in [0, 0.05) is 98.7 Å². The van der Waals surface area contributed by atoms with E-state index in [4.69, 9.17) is 9.47 Å². The van der Waals surface area contributed by atoms with Crippen molar-refractivity contribution in [1.82, 2.24) is 76.5 Å². The van der Waals surface area contributed by atoms with Crippen molar-refractivity contribution >= 4 is 66.2 Å². The number of nitrogens with one attached hydrogen (secondary N) is 5. The van der Waals surface area contributed by atoms with E-state index in [1.807, 2.05) is 35.9 Å². The van der Waals surface area contributed by atoms with Crippen molar-refractivity contribution in [2.75, 3.05) is 105 Å². The molecule has 4 aliphatic heterocycles. The summed E-state index contributed by atoms with van der Waals surface area (Å²) in [6, 6.07) is 38.3. The van der Waals surface area contributed by atoms with Gasteiger partial charge in [-0.1, -0.05) is 167 Å². The Kier molecular flexibility index (Phi) is 28.4. The SMILES string of the molecule is CC(C)(C)c1ccc2c(c1)[nH]c(=O)n2C1CC1.CC(C)(C)c1ccc2c(c1)[nH]c(=O)n2CCCN1CCOCC1.CC(C)(C)c1ccc2c(c1)[nH]c(=O)n2CCN1CCCC1.CC(C)(C)c1ccc2c(c1)[nH]c(=O)n2CCN1CCCCC1.CC(C)(C)c1ccc2c(c1)[nH]c(=O)n2CCN1CCOCC1.Cn1c(=O)n(C)c2cc(C(C)(C)C)ccc21. The number of imidazole rings is 6. The number of rotatable bonds is 14. The highest BCUT2D eigenvalue weighted by molar-refractivity contribution is 5.80. The lowest BCUT2D eigenvalue weighted by Crippen LogP contribution is -2.39. The molecule has 12 aromatic rings. The zero-order chi connectivity index (χ0) is 87.3. The fraction of sp³-hybridized carbons (Fsp3) is 0.567. The van der Waals surface area contributed by atoms with Crippen LogP contribution in [-0.4, -0.2) is 181 Å². The summed E-state index contributed by atoms with van der Waals surface area (Å²) in [7, 11) is 3.62. The van der Waals surface area contributed by atoms with Crippen molar-refractivity contribution in [2.24, 2.45) is 14.1 Å². The largest absolute Gasteiger partial charge is 0.379 e. The quantitative estimate of drug-likeness (QED) is 0.0682. The first-order valence-electron chi connectivity index (χ1n) is 44.5. The number of aromatic amines is 5. The Morgan fingerprint density at radius 2 is 0.554 bits per heavy atom. The Morgan fingerprint density at radius 3 is 0.884 bits per heavy atom. The van der Waals surface area contributed by atoms with Crippen LogP contribution in [0.3, 0.4) is 0 Å². The van der Waals surface area contributed by atoms with Crippen LogP contribution >= 0.6 is 0 Å². The molecule has 24 heteroatoms. The smallest absolute Gasteiger partial charge is 0.328 e. The number of fused-ring (bicyclic) bond motifs is 6. The summed E-state index contributed by atoms with van der Waals surface area (Å²) >= 11 is 0. The predicted molar refractivity (Wildman–Crippen MR) is 497 cm³/mol. The molecule has 0 bridgehead atoms. The summed E-state index contributed by atoms with van der Waals surface area (Å²) in [5.74, 6) is 0. The summed E-state index contributed by atoms with van der Waals surface area (Å²) in [5, 5.41) is 0. The Hall–Kier alpha value is -9.30. The number of piperidine rings is 1. The number of benzene rings is 6. The molecular weight excluding hydrogens is 1520 g/mol. The van der Waals surface area contributed by atoms with E-state index in [1.165, 1.54) is 91.7 Å². The molecule has 6 aromatic heterocycles. The molecular formula is C97H140N16O8. The van der Waals surface area contributed by atoms with Crippen molar-refractivity contribution in [3.8, 4) is 0 Å². The molecule has 5 N–H and O–H groups in total. The number of hydrogen-bond acceptors (Lipinski definition) is 12. The Labute approximate surface area is 713 Å². The maximum absolute atomic E-state index is 12.3. The Balaban J connectivity index is 0.000000133. The van der Waals surface area contributed by atoms with Gasteiger partial charge in [0.15, 0.2) is 0 Å². The average Bonchev–Trinajstić information content (AvgIpc) is 1.62. The lowest BCUT2D eigenvalue weighted by molar-refractivity contribution is 0.0364. The predicted octanol–water partition coefficient (Wildman–Crippen LogP) is 15.3. The monoisotopic (exact) mass is 1660 g/mol. The molecule has 0 spiro atoms. The molecule has 6 aromatic carbocycles. The number of hydrogen-bond donors (Lipinski definition) is 5. The second-order valence-electron chi connectivity index (χ2n) is 40.3. The van der Waals surface area contributed by atoms with Crippen LogP contribution in [0.4, 0.5) is 0 Å². The molecule has 24 nitrogen and oxygen atoms in total. The zero-order valence-corrected chi connectivity index (χ0v) is 76.5. The van der Waals surface area contributed by atoms with Gasteiger partial charge in [-0.25, -0.2) is 28.8 Å². The van der Waals surface area contributed by atoms with Crippen molar-refractivity contribution in [3.63, 3.8) is 0 Å². The molecule has 4 saturated heterocycles. The molecule has 1 aliphatic carbocycles. The zero-order valence-electron chi connectivity index (χ0n) is 76.5. The van der Waals surface area contributed by atoms with Gasteiger partial charge in [-0.15, -0.1) is 0 Å². The minimum atomic E-state index is -0.0191. The van der Waals surface area contributed by atoms with Gasteiger partial charge in [-0.05, 0) is 210 Å². The third kappa shape index (κ3) is 22.8. The van der Waals surface area contributed by atoms with Gasteiger partial charge in [-0.2, -0.15) is 0 Å². The fourth-order valence-electron chi connectivity index (χ4n) is 16.7. The topological polar surface area (TPSA) is 247 Å². The summed E-state index contributed by atoms with van der Waals surface area (Å²) in [6.45, 7) is 58.0. The lowest BCUT2D eigenvalue weighted by atomic mass is 9.87. The van der Waals surface area contributed by atoms with Crippen LogP contribution in [0, 0.1) is 0 Å². The highest BCUT2D eigenvalue weighted by Crippen LogP contribution is 2.37. The Morgan fingerprint density at radius 1 is 0.289 bits per heavy atom. The van der Waals surface area contributed by atoms with E-state index in [1.54, 1.807) is 16.2 Å². The molecule has 17 rings (SSSR count). The van der Waals surface area contributed by atoms with Gasteiger partial charge >= 0.3 is 34.1 Å². The van der Waals surface area contributed by atoms with Crippen molar-refractivity contribution < 1.29 is 9.47 Å². The molecule has 0 radical (unpaired) electrons. The highest BCUT2D eigenvalue weighted by atomic mass is 16.5. The molecule has 5 fully saturated rings. The van der Waals surface area contributed by atoms with Crippen LogP contribution < -0.4 is 34.1 Å². The molecule has 5 aliphatic rings. The highest BCUT2D eigenvalue weighted by Gasteiger charge is 2.29. The summed E-state index contributed by atoms with van der Waals surface area (Å²) in [5.41, 5.74) is 20.0. The second kappa shape index (κ2) is 37.8. The van der Waals surface area contributed by atoms with Crippen LogP contribution in [0.25, 0.3) is 66.2 Å². The van der Waals surface area contributed by atoms with Crippen LogP contribution in [0.2, 0.25) is 0 Å². The first-order chi connectivity index (χ1) is 57.1. The first kappa shape index (κ1) is 90.9. The normalized spacial score (nSPS) is 16.4. The van der Waals surface area contributed by atoms with Gasteiger partial charge in [0.05, 0.1) is 92.6 Å². The maximum Gasteiger partial charge on any atom is 0.328 e. The van der Waals surface area contributed by atoms with Gasteiger partial charge in [0.2, 0.25) is 0 Å². The molecule has 10 heterocycles. The molecule has 0 atom stereocenters. The molecule has 0 unspecified atom stereocenters. The third-order valence-corrected chi connectivity index (χ3v) is 24.8. The van der Waals surface area contributed by atoms with E-state index >= 15 is 0 Å². The van der Waals surface area contributed by atoms with Gasteiger partial charge < -0.3 is 44.2 Å². The average molecular weight is 1660 g/mol. The lowest BCUT2D eigenvalue weighted by Gasteiger charge is -2.26. The third-order valence-electron chi connectivity index (χ3n) is 24.8. The number of nitrogens with zero attached hydrogens (tertiary/aromatic N) is 11. The first-order valence-corrected chi connectivity index (χ1v) is 44.5. The minimum Gasteiger partial charge on any atom is -0.379 e. The van der Waals surface area contributed by atoms with Crippen LogP contribution in [0.15, 0.2) is 138 Å². The van der Waals surface area contributed by atoms with Gasteiger partial charge in [-0.3, -0.25) is 41.8 Å². The number of aromatic nitrogens is 12. The van der Waals surface area contributed by atoms with E-state index in [9.17, 15) is 28.8 Å². The minimum absolute atomic E-state index is 0.00645.